The van der Waals surface area contributed by atoms with Crippen LogP contribution in [0.5, 0.6) is 0 Å². The molecule has 0 heterocycles. The van der Waals surface area contributed by atoms with E-state index in [1.54, 1.807) is 6.08 Å². The third kappa shape index (κ3) is 1.72. The molecule has 1 N–H and O–H groups in total. The Balaban J connectivity index is 3.10. The number of hydrogen-bond donors (Lipinski definition) is 1. The molecule has 0 saturated heterocycles. The van der Waals surface area contributed by atoms with Gasteiger partial charge in [-0.3, -0.25) is 5.26 Å². The maximum absolute atomic E-state index is 8.33. The van der Waals surface area contributed by atoms with Crippen LogP contribution < -0.4 is 0 Å². The van der Waals surface area contributed by atoms with E-state index in [1.807, 2.05) is 25.1 Å². The predicted octanol–water partition coefficient (Wildman–Crippen LogP) is 2.63. The van der Waals surface area contributed by atoms with Gasteiger partial charge in [-0.05, 0) is 23.6 Å². The monoisotopic (exact) mass is 164 g/mol. The van der Waals surface area contributed by atoms with Crippen LogP contribution >= 0.6 is 0 Å². The van der Waals surface area contributed by atoms with Crippen LogP contribution in [0.2, 0.25) is 0 Å². The van der Waals surface area contributed by atoms with E-state index >= 15 is 0 Å². The average molecular weight is 164 g/mol. The van der Waals surface area contributed by atoms with Gasteiger partial charge in [0.25, 0.3) is 0 Å². The minimum absolute atomic E-state index is 0.216. The van der Waals surface area contributed by atoms with E-state index in [4.69, 9.17) is 5.26 Å². The SMILES string of the molecule is C=Cc1cccc(C)c1COO. The molecule has 12 heavy (non-hydrogen) atoms. The fraction of sp³-hybridized carbons (Fsp3) is 0.200. The minimum atomic E-state index is 0.216. The minimum Gasteiger partial charge on any atom is -0.251 e. The summed E-state index contributed by atoms with van der Waals surface area (Å²) in [5.74, 6) is 0. The molecule has 0 aliphatic heterocycles. The van der Waals surface area contributed by atoms with Gasteiger partial charge in [0, 0.05) is 0 Å². The third-order valence-electron chi connectivity index (χ3n) is 1.88. The summed E-state index contributed by atoms with van der Waals surface area (Å²) in [7, 11) is 0. The standard InChI is InChI=1S/C10H12O2/c1-3-9-6-4-5-8(2)10(9)7-12-11/h3-6,11H,1,7H2,2H3. The van der Waals surface area contributed by atoms with Gasteiger partial charge < -0.3 is 0 Å². The molecule has 0 fully saturated rings. The van der Waals surface area contributed by atoms with Crippen LogP contribution in [0.25, 0.3) is 6.08 Å². The van der Waals surface area contributed by atoms with E-state index in [-0.39, 0.29) is 6.61 Å². The maximum atomic E-state index is 8.33. The number of rotatable bonds is 3. The Morgan fingerprint density at radius 1 is 1.58 bits per heavy atom. The first kappa shape index (κ1) is 8.97. The average Bonchev–Trinajstić information content (AvgIpc) is 2.09. The Morgan fingerprint density at radius 2 is 2.33 bits per heavy atom. The van der Waals surface area contributed by atoms with Crippen LogP contribution in [-0.2, 0) is 11.5 Å². The van der Waals surface area contributed by atoms with E-state index in [0.29, 0.717) is 0 Å². The summed E-state index contributed by atoms with van der Waals surface area (Å²) < 4.78 is 0. The van der Waals surface area contributed by atoms with Crippen molar-refractivity contribution < 1.29 is 10.1 Å². The third-order valence-corrected chi connectivity index (χ3v) is 1.88. The molecule has 0 amide bonds. The van der Waals surface area contributed by atoms with Crippen molar-refractivity contribution in [2.24, 2.45) is 0 Å². The normalized spacial score (nSPS) is 9.83. The van der Waals surface area contributed by atoms with Gasteiger partial charge >= 0.3 is 0 Å². The molecule has 0 spiro atoms. The molecular formula is C10H12O2. The van der Waals surface area contributed by atoms with E-state index in [1.165, 1.54) is 0 Å². The molecule has 0 atom stereocenters. The zero-order valence-corrected chi connectivity index (χ0v) is 7.08. The number of benzene rings is 1. The molecule has 64 valence electrons. The molecule has 1 aromatic carbocycles. The summed E-state index contributed by atoms with van der Waals surface area (Å²) in [6.07, 6.45) is 1.75. The largest absolute Gasteiger partial charge is 0.251 e. The van der Waals surface area contributed by atoms with Crippen molar-refractivity contribution in [2.45, 2.75) is 13.5 Å². The fourth-order valence-electron chi connectivity index (χ4n) is 1.18. The smallest absolute Gasteiger partial charge is 0.108 e. The Kier molecular flexibility index (Phi) is 3.02. The quantitative estimate of drug-likeness (QED) is 0.549. The van der Waals surface area contributed by atoms with Gasteiger partial charge in [0.1, 0.15) is 6.61 Å². The molecule has 2 heteroatoms. The summed E-state index contributed by atoms with van der Waals surface area (Å²) in [6.45, 7) is 5.87. The Labute approximate surface area is 72.0 Å². The second-order valence-corrected chi connectivity index (χ2v) is 2.62. The molecule has 0 aliphatic rings. The second-order valence-electron chi connectivity index (χ2n) is 2.62. The first-order chi connectivity index (χ1) is 5.79. The fourth-order valence-corrected chi connectivity index (χ4v) is 1.18. The molecule has 2 nitrogen and oxygen atoms in total. The Hall–Kier alpha value is -1.12. The molecule has 1 rings (SSSR count). The zero-order chi connectivity index (χ0) is 8.97. The van der Waals surface area contributed by atoms with Gasteiger partial charge in [-0.1, -0.05) is 30.9 Å². The van der Waals surface area contributed by atoms with Crippen LogP contribution in [0.15, 0.2) is 24.8 Å². The summed E-state index contributed by atoms with van der Waals surface area (Å²) in [6, 6.07) is 5.86. The van der Waals surface area contributed by atoms with E-state index in [9.17, 15) is 0 Å². The molecule has 0 saturated carbocycles. The van der Waals surface area contributed by atoms with Crippen LogP contribution in [0.3, 0.4) is 0 Å². The van der Waals surface area contributed by atoms with Crippen molar-refractivity contribution in [2.75, 3.05) is 0 Å². The highest BCUT2D eigenvalue weighted by molar-refractivity contribution is 5.53. The maximum Gasteiger partial charge on any atom is 0.108 e. The van der Waals surface area contributed by atoms with Crippen molar-refractivity contribution in [1.82, 2.24) is 0 Å². The molecule has 0 unspecified atom stereocenters. The molecule has 0 radical (unpaired) electrons. The highest BCUT2D eigenvalue weighted by Crippen LogP contribution is 2.15. The van der Waals surface area contributed by atoms with Crippen LogP contribution in [0.1, 0.15) is 16.7 Å². The van der Waals surface area contributed by atoms with Gasteiger partial charge in [-0.25, -0.2) is 4.89 Å². The van der Waals surface area contributed by atoms with E-state index in [2.05, 4.69) is 11.5 Å². The Morgan fingerprint density at radius 3 is 2.92 bits per heavy atom. The van der Waals surface area contributed by atoms with E-state index in [0.717, 1.165) is 16.7 Å². The number of aryl methyl sites for hydroxylation is 1. The van der Waals surface area contributed by atoms with Crippen LogP contribution in [0.4, 0.5) is 0 Å². The lowest BCUT2D eigenvalue weighted by Gasteiger charge is -2.06. The highest BCUT2D eigenvalue weighted by Gasteiger charge is 2.01. The zero-order valence-electron chi connectivity index (χ0n) is 7.08. The van der Waals surface area contributed by atoms with Crippen molar-refractivity contribution in [1.29, 1.82) is 0 Å². The van der Waals surface area contributed by atoms with Gasteiger partial charge in [0.05, 0.1) is 0 Å². The van der Waals surface area contributed by atoms with Gasteiger partial charge in [0.2, 0.25) is 0 Å². The predicted molar refractivity (Wildman–Crippen MR) is 48.7 cm³/mol. The lowest BCUT2D eigenvalue weighted by atomic mass is 10.0. The van der Waals surface area contributed by atoms with Crippen molar-refractivity contribution in [3.63, 3.8) is 0 Å². The topological polar surface area (TPSA) is 29.5 Å². The summed E-state index contributed by atoms with van der Waals surface area (Å²) in [4.78, 5) is 4.10. The highest BCUT2D eigenvalue weighted by atomic mass is 17.1. The molecule has 0 aromatic heterocycles. The van der Waals surface area contributed by atoms with Crippen molar-refractivity contribution >= 4 is 6.08 Å². The van der Waals surface area contributed by atoms with Gasteiger partial charge in [-0.2, -0.15) is 0 Å². The van der Waals surface area contributed by atoms with Crippen LogP contribution in [0, 0.1) is 6.92 Å². The van der Waals surface area contributed by atoms with Crippen LogP contribution in [-0.4, -0.2) is 5.26 Å². The van der Waals surface area contributed by atoms with Gasteiger partial charge in [-0.15, -0.1) is 0 Å². The van der Waals surface area contributed by atoms with Crippen molar-refractivity contribution in [3.8, 4) is 0 Å². The summed E-state index contributed by atoms with van der Waals surface area (Å²) >= 11 is 0. The lowest BCUT2D eigenvalue weighted by molar-refractivity contribution is -0.253. The van der Waals surface area contributed by atoms with E-state index < -0.39 is 0 Å². The lowest BCUT2D eigenvalue weighted by Crippen LogP contribution is -1.94. The molecular weight excluding hydrogens is 152 g/mol. The van der Waals surface area contributed by atoms with Gasteiger partial charge in [0.15, 0.2) is 0 Å². The molecule has 1 aromatic rings. The first-order valence-corrected chi connectivity index (χ1v) is 3.77. The second kappa shape index (κ2) is 4.04. The molecule has 0 bridgehead atoms. The number of hydrogen-bond acceptors (Lipinski definition) is 2. The molecule has 0 aliphatic carbocycles. The summed E-state index contributed by atoms with van der Waals surface area (Å²) in [5, 5.41) is 8.33. The first-order valence-electron chi connectivity index (χ1n) is 3.77. The summed E-state index contributed by atoms with van der Waals surface area (Å²) in [5.41, 5.74) is 3.08. The Bertz CT molecular complexity index is 279. The van der Waals surface area contributed by atoms with Crippen molar-refractivity contribution in [3.05, 3.63) is 41.5 Å².